The Hall–Kier alpha value is -3.90. The quantitative estimate of drug-likeness (QED) is 0.265. The van der Waals surface area contributed by atoms with Gasteiger partial charge in [0.15, 0.2) is 0 Å². The molecule has 1 aliphatic rings. The van der Waals surface area contributed by atoms with Crippen LogP contribution in [-0.2, 0) is 16.2 Å². The molecule has 0 saturated carbocycles. The molecular formula is C31H34N2O4. The highest BCUT2D eigenvalue weighted by atomic mass is 16.5. The monoisotopic (exact) mass is 498 g/mol. The zero-order chi connectivity index (χ0) is 26.4. The standard InChI is InChI=1S/C31H34N2O4/c1-4-32(5-2)18-19-33-28(24-14-10-7-11-15-24)27(30(35)31(33)36)29(34)25-16-17-26(22(3)20-25)37-21-23-12-8-6-9-13-23/h6-17,20,28,34H,4-5,18-19,21H2,1-3H3/b29-27+. The van der Waals surface area contributed by atoms with E-state index in [4.69, 9.17) is 4.74 Å². The number of quaternary nitrogens is 1. The van der Waals surface area contributed by atoms with Crippen LogP contribution in [0.4, 0.5) is 0 Å². The lowest BCUT2D eigenvalue weighted by Gasteiger charge is -2.28. The van der Waals surface area contributed by atoms with E-state index in [9.17, 15) is 14.7 Å². The summed E-state index contributed by atoms with van der Waals surface area (Å²) < 4.78 is 5.95. The molecular weight excluding hydrogens is 464 g/mol. The molecule has 4 rings (SSSR count). The first kappa shape index (κ1) is 26.2. The number of carbonyl (C=O) groups is 2. The van der Waals surface area contributed by atoms with Crippen molar-refractivity contribution < 1.29 is 24.3 Å². The highest BCUT2D eigenvalue weighted by Gasteiger charge is 2.44. The predicted octanol–water partition coefficient (Wildman–Crippen LogP) is 2.72. The molecule has 6 nitrogen and oxygen atoms in total. The third-order valence-corrected chi connectivity index (χ3v) is 7.03. The Labute approximate surface area is 218 Å². The van der Waals surface area contributed by atoms with Gasteiger partial charge in [0.25, 0.3) is 5.91 Å². The lowest BCUT2D eigenvalue weighted by molar-refractivity contribution is -0.895. The number of carbonyl (C=O) groups excluding carboxylic acids is 2. The maximum Gasteiger partial charge on any atom is 0.295 e. The van der Waals surface area contributed by atoms with Crippen LogP contribution in [0.2, 0.25) is 0 Å². The van der Waals surface area contributed by atoms with Crippen LogP contribution in [0.15, 0.2) is 84.4 Å². The van der Waals surface area contributed by atoms with Gasteiger partial charge < -0.3 is 19.6 Å². The number of ketones is 1. The van der Waals surface area contributed by atoms with E-state index in [2.05, 4.69) is 13.8 Å². The number of likely N-dealkylation sites (tertiary alicyclic amines) is 1. The third-order valence-electron chi connectivity index (χ3n) is 7.03. The van der Waals surface area contributed by atoms with Crippen molar-refractivity contribution in [1.29, 1.82) is 0 Å². The molecule has 3 aromatic carbocycles. The van der Waals surface area contributed by atoms with Gasteiger partial charge in [-0.05, 0) is 55.2 Å². The van der Waals surface area contributed by atoms with Gasteiger partial charge in [-0.15, -0.1) is 0 Å². The number of amides is 1. The molecule has 1 aliphatic heterocycles. The number of nitrogens with zero attached hydrogens (tertiary/aromatic N) is 1. The van der Waals surface area contributed by atoms with E-state index in [0.717, 1.165) is 29.8 Å². The van der Waals surface area contributed by atoms with Crippen LogP contribution < -0.4 is 14.7 Å². The Morgan fingerprint density at radius 1 is 0.946 bits per heavy atom. The topological polar surface area (TPSA) is 74.1 Å². The average Bonchev–Trinajstić information content (AvgIpc) is 3.18. The predicted molar refractivity (Wildman–Crippen MR) is 142 cm³/mol. The van der Waals surface area contributed by atoms with Crippen molar-refractivity contribution in [3.63, 3.8) is 0 Å². The second-order valence-corrected chi connectivity index (χ2v) is 9.35. The lowest BCUT2D eigenvalue weighted by atomic mass is 9.95. The van der Waals surface area contributed by atoms with Crippen molar-refractivity contribution in [3.8, 4) is 5.75 Å². The Morgan fingerprint density at radius 2 is 1.59 bits per heavy atom. The number of benzene rings is 3. The van der Waals surface area contributed by atoms with Crippen LogP contribution in [-0.4, -0.2) is 42.8 Å². The third kappa shape index (κ3) is 5.75. The summed E-state index contributed by atoms with van der Waals surface area (Å²) >= 11 is 0. The maximum absolute atomic E-state index is 13.7. The smallest absolute Gasteiger partial charge is 0.295 e. The van der Waals surface area contributed by atoms with Crippen molar-refractivity contribution in [2.45, 2.75) is 33.4 Å². The molecule has 1 amide bonds. The van der Waals surface area contributed by atoms with Gasteiger partial charge in [-0.3, -0.25) is 9.59 Å². The van der Waals surface area contributed by atoms with Gasteiger partial charge in [0.05, 0.1) is 32.2 Å². The normalized spacial score (nSPS) is 17.0. The number of hydrogen-bond donors (Lipinski definition) is 1. The fourth-order valence-corrected chi connectivity index (χ4v) is 4.81. The van der Waals surface area contributed by atoms with Gasteiger partial charge in [-0.25, -0.2) is 0 Å². The molecule has 0 spiro atoms. The lowest BCUT2D eigenvalue weighted by Crippen LogP contribution is -3.12. The van der Waals surface area contributed by atoms with Crippen LogP contribution in [0.5, 0.6) is 5.75 Å². The number of Topliss-reactive ketones (excluding diaryl/α,β-unsaturated/α-hetero) is 1. The Bertz CT molecular complexity index is 1270. The number of nitrogens with one attached hydrogen (secondary N) is 1. The molecule has 0 aliphatic carbocycles. The summed E-state index contributed by atoms with van der Waals surface area (Å²) in [5, 5.41) is 13.7. The Morgan fingerprint density at radius 3 is 2.22 bits per heavy atom. The molecule has 0 aromatic heterocycles. The molecule has 1 fully saturated rings. The number of aryl methyl sites for hydroxylation is 1. The first-order valence-corrected chi connectivity index (χ1v) is 12.9. The van der Waals surface area contributed by atoms with Gasteiger partial charge in [0.2, 0.25) is 5.78 Å². The van der Waals surface area contributed by atoms with E-state index in [1.54, 1.807) is 23.1 Å². The minimum atomic E-state index is -0.713. The van der Waals surface area contributed by atoms with Crippen LogP contribution in [0, 0.1) is 6.92 Å². The second-order valence-electron chi connectivity index (χ2n) is 9.35. The first-order chi connectivity index (χ1) is 17.9. The number of likely N-dealkylation sites (N-methyl/N-ethyl adjacent to an activating group) is 1. The number of ether oxygens (including phenoxy) is 1. The van der Waals surface area contributed by atoms with Crippen molar-refractivity contribution in [1.82, 2.24) is 4.90 Å². The van der Waals surface area contributed by atoms with Gasteiger partial charge >= 0.3 is 0 Å². The fourth-order valence-electron chi connectivity index (χ4n) is 4.81. The Kier molecular flexibility index (Phi) is 8.41. The van der Waals surface area contributed by atoms with Crippen molar-refractivity contribution in [2.24, 2.45) is 0 Å². The van der Waals surface area contributed by atoms with E-state index in [1.165, 1.54) is 4.90 Å². The van der Waals surface area contributed by atoms with Gasteiger partial charge in [0.1, 0.15) is 12.4 Å². The zero-order valence-corrected chi connectivity index (χ0v) is 21.7. The zero-order valence-electron chi connectivity index (χ0n) is 21.7. The van der Waals surface area contributed by atoms with Crippen LogP contribution in [0.3, 0.4) is 0 Å². The van der Waals surface area contributed by atoms with Crippen molar-refractivity contribution in [3.05, 3.63) is 107 Å². The molecule has 6 heteroatoms. The minimum absolute atomic E-state index is 0.0168. The maximum atomic E-state index is 13.7. The van der Waals surface area contributed by atoms with Crippen LogP contribution in [0.25, 0.3) is 5.76 Å². The highest BCUT2D eigenvalue weighted by molar-refractivity contribution is 6.46. The summed E-state index contributed by atoms with van der Waals surface area (Å²) in [4.78, 5) is 29.3. The summed E-state index contributed by atoms with van der Waals surface area (Å²) in [5.41, 5.74) is 2.99. The fraction of sp³-hybridized carbons (Fsp3) is 0.290. The average molecular weight is 499 g/mol. The van der Waals surface area contributed by atoms with Crippen LogP contribution >= 0.6 is 0 Å². The first-order valence-electron chi connectivity index (χ1n) is 12.9. The number of rotatable bonds is 10. The summed E-state index contributed by atoms with van der Waals surface area (Å²) in [6.45, 7) is 9.46. The molecule has 1 atom stereocenters. The van der Waals surface area contributed by atoms with E-state index in [0.29, 0.717) is 31.0 Å². The molecule has 1 saturated heterocycles. The molecule has 0 bridgehead atoms. The van der Waals surface area contributed by atoms with E-state index in [1.807, 2.05) is 67.6 Å². The summed E-state index contributed by atoms with van der Waals surface area (Å²) in [7, 11) is 0. The van der Waals surface area contributed by atoms with E-state index >= 15 is 0 Å². The summed E-state index contributed by atoms with van der Waals surface area (Å²) in [6, 6.07) is 23.7. The highest BCUT2D eigenvalue weighted by Crippen LogP contribution is 2.38. The van der Waals surface area contributed by atoms with Gasteiger partial charge in [-0.2, -0.15) is 0 Å². The molecule has 0 radical (unpaired) electrons. The molecule has 3 aromatic rings. The Balaban J connectivity index is 1.66. The summed E-state index contributed by atoms with van der Waals surface area (Å²) in [5.74, 6) is -1.07. The van der Waals surface area contributed by atoms with E-state index < -0.39 is 23.5 Å². The molecule has 1 unspecified atom stereocenters. The van der Waals surface area contributed by atoms with Gasteiger partial charge in [0, 0.05) is 5.57 Å². The molecule has 1 N–H and O–H groups in total. The molecule has 37 heavy (non-hydrogen) atoms. The summed E-state index contributed by atoms with van der Waals surface area (Å²) in [6.07, 6.45) is 0. The minimum Gasteiger partial charge on any atom is -0.872 e. The SMILES string of the molecule is CC[NH+](CC)CCN1C(=O)C(=O)/C(=C(/[O-])c2ccc(OCc3ccccc3)c(C)c2)C1c1ccccc1. The van der Waals surface area contributed by atoms with Crippen molar-refractivity contribution in [2.75, 3.05) is 26.2 Å². The van der Waals surface area contributed by atoms with Crippen molar-refractivity contribution >= 4 is 17.4 Å². The largest absolute Gasteiger partial charge is 0.872 e. The van der Waals surface area contributed by atoms with Crippen LogP contribution in [0.1, 0.15) is 42.1 Å². The van der Waals surface area contributed by atoms with Gasteiger partial charge in [-0.1, -0.05) is 72.5 Å². The molecule has 1 heterocycles. The second kappa shape index (κ2) is 11.9. The molecule has 192 valence electrons. The number of hydrogen-bond acceptors (Lipinski definition) is 4. The van der Waals surface area contributed by atoms with E-state index in [-0.39, 0.29) is 5.57 Å².